The lowest BCUT2D eigenvalue weighted by atomic mass is 9.99. The third kappa shape index (κ3) is 5.16. The Morgan fingerprint density at radius 2 is 1.85 bits per heavy atom. The zero-order chi connectivity index (χ0) is 19.2. The maximum atomic E-state index is 12.6. The molecule has 0 aliphatic carbocycles. The number of hydrogen-bond acceptors (Lipinski definition) is 4. The first kappa shape index (κ1) is 19.1. The highest BCUT2D eigenvalue weighted by Crippen LogP contribution is 2.33. The fourth-order valence-corrected chi connectivity index (χ4v) is 2.83. The van der Waals surface area contributed by atoms with Crippen molar-refractivity contribution in [2.45, 2.75) is 33.2 Å². The molecule has 1 heterocycles. The second kappa shape index (κ2) is 8.80. The lowest BCUT2D eigenvalue weighted by molar-refractivity contribution is -0.122. The molecule has 5 heteroatoms. The number of carbonyl (C=O) groups excluding carboxylic acids is 1. The summed E-state index contributed by atoms with van der Waals surface area (Å²) in [6.07, 6.45) is 0. The van der Waals surface area contributed by atoms with Gasteiger partial charge in [-0.05, 0) is 48.2 Å². The molecular formula is C22H27NO4. The van der Waals surface area contributed by atoms with Gasteiger partial charge in [0.1, 0.15) is 19.0 Å². The van der Waals surface area contributed by atoms with Gasteiger partial charge in [-0.2, -0.15) is 0 Å². The van der Waals surface area contributed by atoms with Crippen molar-refractivity contribution in [3.63, 3.8) is 0 Å². The Balaban J connectivity index is 1.58. The molecule has 0 radical (unpaired) electrons. The van der Waals surface area contributed by atoms with Crippen molar-refractivity contribution in [2.24, 2.45) is 5.92 Å². The Morgan fingerprint density at radius 3 is 2.63 bits per heavy atom. The maximum absolute atomic E-state index is 12.6. The molecule has 3 rings (SSSR count). The molecule has 1 aliphatic heterocycles. The quantitative estimate of drug-likeness (QED) is 0.804. The predicted molar refractivity (Wildman–Crippen MR) is 104 cm³/mol. The molecule has 27 heavy (non-hydrogen) atoms. The van der Waals surface area contributed by atoms with Crippen LogP contribution in [0.25, 0.3) is 0 Å². The molecule has 1 amide bonds. The minimum atomic E-state index is -0.277. The summed E-state index contributed by atoms with van der Waals surface area (Å²) in [5.74, 6) is 2.43. The first-order chi connectivity index (χ1) is 13.0. The summed E-state index contributed by atoms with van der Waals surface area (Å²) in [6, 6.07) is 13.5. The van der Waals surface area contributed by atoms with Crippen molar-refractivity contribution < 1.29 is 19.0 Å². The van der Waals surface area contributed by atoms with E-state index in [1.165, 1.54) is 0 Å². The normalized spacial score (nSPS) is 13.9. The number of benzene rings is 2. The fourth-order valence-electron chi connectivity index (χ4n) is 2.83. The minimum absolute atomic E-state index is 0.0276. The van der Waals surface area contributed by atoms with Crippen LogP contribution in [0.5, 0.6) is 17.2 Å². The average molecular weight is 369 g/mol. The van der Waals surface area contributed by atoms with Crippen LogP contribution in [-0.4, -0.2) is 25.7 Å². The summed E-state index contributed by atoms with van der Waals surface area (Å²) in [7, 11) is 0. The molecule has 1 unspecified atom stereocenters. The predicted octanol–water partition coefficient (Wildman–Crippen LogP) is 3.91. The molecule has 1 aliphatic rings. The number of rotatable bonds is 7. The van der Waals surface area contributed by atoms with Gasteiger partial charge in [-0.25, -0.2) is 0 Å². The molecule has 0 saturated carbocycles. The van der Waals surface area contributed by atoms with Crippen molar-refractivity contribution in [3.8, 4) is 17.2 Å². The average Bonchev–Trinajstić information content (AvgIpc) is 2.70. The van der Waals surface area contributed by atoms with Crippen LogP contribution in [0.3, 0.4) is 0 Å². The van der Waals surface area contributed by atoms with Gasteiger partial charge in [-0.1, -0.05) is 32.0 Å². The summed E-state index contributed by atoms with van der Waals surface area (Å²) in [5.41, 5.74) is 1.92. The largest absolute Gasteiger partial charge is 0.493 e. The Labute approximate surface area is 160 Å². The van der Waals surface area contributed by atoms with Crippen LogP contribution in [-0.2, 0) is 11.3 Å². The van der Waals surface area contributed by atoms with Gasteiger partial charge in [0.05, 0.1) is 12.5 Å². The van der Waals surface area contributed by atoms with Crippen LogP contribution < -0.4 is 19.5 Å². The highest BCUT2D eigenvalue weighted by atomic mass is 16.6. The maximum Gasteiger partial charge on any atom is 0.227 e. The number of nitrogens with one attached hydrogen (secondary N) is 1. The van der Waals surface area contributed by atoms with E-state index in [0.29, 0.717) is 38.0 Å². The zero-order valence-electron chi connectivity index (χ0n) is 16.2. The van der Waals surface area contributed by atoms with Crippen LogP contribution in [0.1, 0.15) is 37.8 Å². The Kier molecular flexibility index (Phi) is 6.22. The molecule has 1 atom stereocenters. The van der Waals surface area contributed by atoms with Crippen molar-refractivity contribution in [1.82, 2.24) is 5.32 Å². The molecular weight excluding hydrogens is 342 g/mol. The Morgan fingerprint density at radius 1 is 1.07 bits per heavy atom. The zero-order valence-corrected chi connectivity index (χ0v) is 16.2. The van der Waals surface area contributed by atoms with E-state index in [9.17, 15) is 4.79 Å². The summed E-state index contributed by atoms with van der Waals surface area (Å²) in [5, 5.41) is 3.00. The number of amides is 1. The van der Waals surface area contributed by atoms with Gasteiger partial charge in [-0.15, -0.1) is 0 Å². The van der Waals surface area contributed by atoms with Crippen LogP contribution in [0.2, 0.25) is 0 Å². The Bertz CT molecular complexity index is 788. The van der Waals surface area contributed by atoms with Crippen molar-refractivity contribution in [3.05, 3.63) is 53.6 Å². The Hall–Kier alpha value is -2.69. The summed E-state index contributed by atoms with van der Waals surface area (Å²) in [6.45, 7) is 8.35. The third-order valence-corrected chi connectivity index (χ3v) is 4.41. The van der Waals surface area contributed by atoms with Crippen molar-refractivity contribution in [1.29, 1.82) is 0 Å². The van der Waals surface area contributed by atoms with Crippen LogP contribution >= 0.6 is 0 Å². The summed E-state index contributed by atoms with van der Waals surface area (Å²) in [4.78, 5) is 12.6. The van der Waals surface area contributed by atoms with Gasteiger partial charge in [0.25, 0.3) is 0 Å². The van der Waals surface area contributed by atoms with Crippen molar-refractivity contribution >= 4 is 5.91 Å². The monoisotopic (exact) mass is 369 g/mol. The van der Waals surface area contributed by atoms with Gasteiger partial charge in [-0.3, -0.25) is 4.79 Å². The third-order valence-electron chi connectivity index (χ3n) is 4.41. The van der Waals surface area contributed by atoms with E-state index in [2.05, 4.69) is 19.2 Å². The lowest BCUT2D eigenvalue weighted by Crippen LogP contribution is -2.27. The second-order valence-electron chi connectivity index (χ2n) is 7.19. The van der Waals surface area contributed by atoms with E-state index in [4.69, 9.17) is 14.2 Å². The van der Waals surface area contributed by atoms with Gasteiger partial charge in [0.15, 0.2) is 11.5 Å². The molecule has 5 nitrogen and oxygen atoms in total. The van der Waals surface area contributed by atoms with E-state index in [1.54, 1.807) is 0 Å². The van der Waals surface area contributed by atoms with Gasteiger partial charge >= 0.3 is 0 Å². The summed E-state index contributed by atoms with van der Waals surface area (Å²) >= 11 is 0. The fraction of sp³-hybridized carbons (Fsp3) is 0.409. The number of carbonyl (C=O) groups is 1. The topological polar surface area (TPSA) is 56.8 Å². The van der Waals surface area contributed by atoms with Gasteiger partial charge in [0.2, 0.25) is 5.91 Å². The van der Waals surface area contributed by atoms with E-state index in [-0.39, 0.29) is 11.8 Å². The molecule has 0 aromatic heterocycles. The van der Waals surface area contributed by atoms with Gasteiger partial charge in [0, 0.05) is 6.54 Å². The molecule has 0 spiro atoms. The molecule has 2 aromatic carbocycles. The van der Waals surface area contributed by atoms with E-state index >= 15 is 0 Å². The molecule has 0 fully saturated rings. The highest BCUT2D eigenvalue weighted by Gasteiger charge is 2.19. The lowest BCUT2D eigenvalue weighted by Gasteiger charge is -2.20. The molecule has 1 N–H and O–H groups in total. The second-order valence-corrected chi connectivity index (χ2v) is 7.19. The smallest absolute Gasteiger partial charge is 0.227 e. The van der Waals surface area contributed by atoms with E-state index in [1.807, 2.05) is 49.4 Å². The summed E-state index contributed by atoms with van der Waals surface area (Å²) < 4.78 is 16.9. The SMILES string of the molecule is CC(C)COc1cccc(CNC(=O)C(C)c2ccc3c(c2)OCCO3)c1. The van der Waals surface area contributed by atoms with Gasteiger partial charge < -0.3 is 19.5 Å². The molecule has 2 aromatic rings. The van der Waals surface area contributed by atoms with Crippen LogP contribution in [0.4, 0.5) is 0 Å². The number of ether oxygens (including phenoxy) is 3. The highest BCUT2D eigenvalue weighted by molar-refractivity contribution is 5.83. The number of fused-ring (bicyclic) bond motifs is 1. The van der Waals surface area contributed by atoms with Crippen LogP contribution in [0.15, 0.2) is 42.5 Å². The van der Waals surface area contributed by atoms with E-state index in [0.717, 1.165) is 22.6 Å². The first-order valence-corrected chi connectivity index (χ1v) is 9.42. The van der Waals surface area contributed by atoms with E-state index < -0.39 is 0 Å². The minimum Gasteiger partial charge on any atom is -0.493 e. The molecule has 144 valence electrons. The molecule has 0 saturated heterocycles. The molecule has 0 bridgehead atoms. The van der Waals surface area contributed by atoms with Crippen LogP contribution in [0, 0.1) is 5.92 Å². The van der Waals surface area contributed by atoms with Crippen molar-refractivity contribution in [2.75, 3.05) is 19.8 Å². The number of hydrogen-bond donors (Lipinski definition) is 1. The standard InChI is InChI=1S/C22H27NO4/c1-15(2)14-27-19-6-4-5-17(11-19)13-23-22(24)16(3)18-7-8-20-21(12-18)26-10-9-25-20/h4-8,11-12,15-16H,9-10,13-14H2,1-3H3,(H,23,24). The first-order valence-electron chi connectivity index (χ1n) is 9.42.